The fourth-order valence-electron chi connectivity index (χ4n) is 2.83. The Kier molecular flexibility index (Phi) is 5.26. The van der Waals surface area contributed by atoms with Crippen LogP contribution in [0.15, 0.2) is 48.5 Å². The number of hydrogen-bond donors (Lipinski definition) is 2. The molecule has 0 saturated heterocycles. The highest BCUT2D eigenvalue weighted by Crippen LogP contribution is 2.11. The van der Waals surface area contributed by atoms with Crippen molar-refractivity contribution in [2.75, 3.05) is 0 Å². The Morgan fingerprint density at radius 2 is 1.38 bits per heavy atom. The van der Waals surface area contributed by atoms with Crippen LogP contribution in [0.25, 0.3) is 0 Å². The number of carbonyl (C=O) groups is 2. The largest absolute Gasteiger partial charge is 0.352 e. The van der Waals surface area contributed by atoms with Crippen molar-refractivity contribution in [3.63, 3.8) is 0 Å². The van der Waals surface area contributed by atoms with Crippen molar-refractivity contribution >= 4 is 11.8 Å². The van der Waals surface area contributed by atoms with Crippen LogP contribution >= 0.6 is 0 Å². The highest BCUT2D eigenvalue weighted by molar-refractivity contribution is 5.94. The van der Waals surface area contributed by atoms with Crippen molar-refractivity contribution in [2.45, 2.75) is 38.8 Å². The summed E-state index contributed by atoms with van der Waals surface area (Å²) in [5, 5.41) is 5.92. The minimum atomic E-state index is -0.0536. The molecule has 2 aromatic rings. The molecule has 2 aliphatic heterocycles. The normalized spacial score (nSPS) is 16.2. The number of nitrogens with one attached hydrogen (secondary N) is 2. The van der Waals surface area contributed by atoms with Crippen LogP contribution in [0.1, 0.15) is 46.3 Å². The quantitative estimate of drug-likeness (QED) is 0.783. The van der Waals surface area contributed by atoms with E-state index in [2.05, 4.69) is 10.6 Å². The molecule has 0 radical (unpaired) electrons. The lowest BCUT2D eigenvalue weighted by Gasteiger charge is -2.08. The first-order valence-corrected chi connectivity index (χ1v) is 8.42. The van der Waals surface area contributed by atoms with Gasteiger partial charge in [-0.1, -0.05) is 36.4 Å². The Morgan fingerprint density at radius 3 is 2.12 bits per heavy atom. The smallest absolute Gasteiger partial charge is 0.251 e. The van der Waals surface area contributed by atoms with Crippen LogP contribution in [0.2, 0.25) is 0 Å². The van der Waals surface area contributed by atoms with Gasteiger partial charge in [0.15, 0.2) is 0 Å². The predicted molar refractivity (Wildman–Crippen MR) is 93.5 cm³/mol. The zero-order valence-electron chi connectivity index (χ0n) is 13.7. The second-order valence-electron chi connectivity index (χ2n) is 6.18. The number of rotatable bonds is 0. The first-order valence-electron chi connectivity index (χ1n) is 8.42. The topological polar surface area (TPSA) is 58.2 Å². The number of fused-ring (bicyclic) bond motifs is 10. The van der Waals surface area contributed by atoms with Crippen LogP contribution in [0, 0.1) is 0 Å². The lowest BCUT2D eigenvalue weighted by Crippen LogP contribution is -2.23. The minimum Gasteiger partial charge on any atom is -0.352 e. The molecule has 2 heterocycles. The van der Waals surface area contributed by atoms with E-state index >= 15 is 0 Å². The second-order valence-corrected chi connectivity index (χ2v) is 6.18. The third-order valence-corrected chi connectivity index (χ3v) is 4.27. The van der Waals surface area contributed by atoms with E-state index in [-0.39, 0.29) is 11.8 Å². The molecule has 2 aromatic carbocycles. The maximum absolute atomic E-state index is 12.3. The van der Waals surface area contributed by atoms with Crippen LogP contribution < -0.4 is 10.6 Å². The summed E-state index contributed by atoms with van der Waals surface area (Å²) in [7, 11) is 0. The van der Waals surface area contributed by atoms with E-state index in [0.717, 1.165) is 36.0 Å². The van der Waals surface area contributed by atoms with Gasteiger partial charge in [0.2, 0.25) is 5.91 Å². The fourth-order valence-corrected chi connectivity index (χ4v) is 2.83. The monoisotopic (exact) mass is 322 g/mol. The van der Waals surface area contributed by atoms with Gasteiger partial charge in [-0.2, -0.15) is 0 Å². The van der Waals surface area contributed by atoms with Crippen molar-refractivity contribution < 1.29 is 9.59 Å². The Balaban J connectivity index is 1.78. The maximum Gasteiger partial charge on any atom is 0.251 e. The molecule has 24 heavy (non-hydrogen) atoms. The van der Waals surface area contributed by atoms with Crippen molar-refractivity contribution in [3.8, 4) is 0 Å². The van der Waals surface area contributed by atoms with E-state index in [4.69, 9.17) is 0 Å². The zero-order chi connectivity index (χ0) is 16.8. The Hall–Kier alpha value is -2.62. The Labute approximate surface area is 142 Å². The number of hydrogen-bond acceptors (Lipinski definition) is 2. The lowest BCUT2D eigenvalue weighted by atomic mass is 10.0. The van der Waals surface area contributed by atoms with Gasteiger partial charge in [0.05, 0.1) is 0 Å². The standard InChI is InChI=1S/C20H22N2O2/c23-19-7-2-1-4-15-5-3-6-18(12-15)20(24)22-14-17-10-8-16(9-11-17)13-21-19/h3,5-6,8-12H,1-2,4,7,13-14H2,(H,21,23)(H,22,24). The van der Waals surface area contributed by atoms with Crippen LogP contribution in [0.4, 0.5) is 0 Å². The van der Waals surface area contributed by atoms with Crippen molar-refractivity contribution in [3.05, 3.63) is 70.8 Å². The van der Waals surface area contributed by atoms with E-state index in [1.807, 2.05) is 48.5 Å². The van der Waals surface area contributed by atoms with Gasteiger partial charge in [0.25, 0.3) is 5.91 Å². The van der Waals surface area contributed by atoms with Crippen molar-refractivity contribution in [1.82, 2.24) is 10.6 Å². The molecule has 4 rings (SSSR count). The van der Waals surface area contributed by atoms with Gasteiger partial charge in [-0.15, -0.1) is 0 Å². The Morgan fingerprint density at radius 1 is 0.708 bits per heavy atom. The van der Waals surface area contributed by atoms with Crippen LogP contribution in [-0.4, -0.2) is 11.8 Å². The van der Waals surface area contributed by atoms with Gasteiger partial charge < -0.3 is 10.6 Å². The summed E-state index contributed by atoms with van der Waals surface area (Å²) in [6.45, 7) is 1.04. The van der Waals surface area contributed by atoms with E-state index in [1.165, 1.54) is 0 Å². The first kappa shape index (κ1) is 16.2. The molecule has 0 unspecified atom stereocenters. The van der Waals surface area contributed by atoms with Gasteiger partial charge in [-0.25, -0.2) is 0 Å². The van der Waals surface area contributed by atoms with Gasteiger partial charge in [-0.3, -0.25) is 9.59 Å². The molecule has 2 amide bonds. The van der Waals surface area contributed by atoms with E-state index in [1.54, 1.807) is 0 Å². The average Bonchev–Trinajstić information content (AvgIpc) is 2.62. The molecule has 4 heteroatoms. The fraction of sp³-hybridized carbons (Fsp3) is 0.300. The molecule has 124 valence electrons. The van der Waals surface area contributed by atoms with E-state index < -0.39 is 0 Å². The molecule has 4 bridgehead atoms. The molecule has 4 nitrogen and oxygen atoms in total. The summed E-state index contributed by atoms with van der Waals surface area (Å²) < 4.78 is 0. The third kappa shape index (κ3) is 4.44. The summed E-state index contributed by atoms with van der Waals surface area (Å²) in [6, 6.07) is 15.7. The van der Waals surface area contributed by atoms with E-state index in [0.29, 0.717) is 25.1 Å². The zero-order valence-corrected chi connectivity index (χ0v) is 13.7. The van der Waals surface area contributed by atoms with Gasteiger partial charge in [0.1, 0.15) is 0 Å². The summed E-state index contributed by atoms with van der Waals surface area (Å²) in [5.74, 6) is 0.0380. The molecule has 2 aliphatic rings. The van der Waals surface area contributed by atoms with Crippen molar-refractivity contribution in [2.24, 2.45) is 0 Å². The third-order valence-electron chi connectivity index (χ3n) is 4.27. The van der Waals surface area contributed by atoms with Crippen LogP contribution in [-0.2, 0) is 24.3 Å². The summed E-state index contributed by atoms with van der Waals surface area (Å²) >= 11 is 0. The molecule has 0 aliphatic carbocycles. The number of amides is 2. The summed E-state index contributed by atoms with van der Waals surface area (Å²) in [6.07, 6.45) is 3.21. The summed E-state index contributed by atoms with van der Waals surface area (Å²) in [5.41, 5.74) is 3.93. The van der Waals surface area contributed by atoms with Crippen molar-refractivity contribution in [1.29, 1.82) is 0 Å². The number of benzene rings is 2. The highest BCUT2D eigenvalue weighted by Gasteiger charge is 2.08. The number of aryl methyl sites for hydroxylation is 1. The SMILES string of the molecule is O=C1CCCCc2cccc(c2)C(=O)NCc2ccc(cc2)CN1. The second kappa shape index (κ2) is 7.77. The molecular formula is C20H22N2O2. The van der Waals surface area contributed by atoms with Gasteiger partial charge in [0, 0.05) is 25.1 Å². The minimum absolute atomic E-state index is 0.0536. The molecule has 0 atom stereocenters. The lowest BCUT2D eigenvalue weighted by molar-refractivity contribution is -0.121. The van der Waals surface area contributed by atoms with Crippen LogP contribution in [0.5, 0.6) is 0 Å². The number of carbonyl (C=O) groups excluding carboxylic acids is 2. The highest BCUT2D eigenvalue weighted by atomic mass is 16.2. The molecule has 2 N–H and O–H groups in total. The average molecular weight is 322 g/mol. The Bertz CT molecular complexity index is 723. The van der Waals surface area contributed by atoms with Gasteiger partial charge in [-0.05, 0) is 48.1 Å². The van der Waals surface area contributed by atoms with Crippen LogP contribution in [0.3, 0.4) is 0 Å². The molecular weight excluding hydrogens is 300 g/mol. The summed E-state index contributed by atoms with van der Waals surface area (Å²) in [4.78, 5) is 24.2. The molecule has 0 aromatic heterocycles. The van der Waals surface area contributed by atoms with Gasteiger partial charge >= 0.3 is 0 Å². The predicted octanol–water partition coefficient (Wildman–Crippen LogP) is 2.96. The first-order chi connectivity index (χ1) is 11.7. The van der Waals surface area contributed by atoms with E-state index in [9.17, 15) is 9.59 Å². The maximum atomic E-state index is 12.3. The molecule has 0 spiro atoms. The molecule has 0 fully saturated rings. The molecule has 0 saturated carbocycles.